The van der Waals surface area contributed by atoms with E-state index >= 15 is 0 Å². The van der Waals surface area contributed by atoms with E-state index in [0.29, 0.717) is 37.5 Å². The summed E-state index contributed by atoms with van der Waals surface area (Å²) in [5.74, 6) is 1.68. The number of nitrogens with zero attached hydrogens (tertiary/aromatic N) is 2. The zero-order valence-electron chi connectivity index (χ0n) is 14.3. The third kappa shape index (κ3) is 3.75. The van der Waals surface area contributed by atoms with Crippen LogP contribution in [-0.2, 0) is 4.79 Å². The minimum Gasteiger partial charge on any atom is -0.466 e. The minimum absolute atomic E-state index is 0. The molecular formula is C17H26ClN3O3. The van der Waals surface area contributed by atoms with E-state index in [1.165, 1.54) is 0 Å². The molecule has 2 fully saturated rings. The Kier molecular flexibility index (Phi) is 5.93. The van der Waals surface area contributed by atoms with Crippen molar-refractivity contribution in [3.05, 3.63) is 23.2 Å². The summed E-state index contributed by atoms with van der Waals surface area (Å²) in [6.45, 7) is 6.01. The highest BCUT2D eigenvalue weighted by atomic mass is 35.5. The Morgan fingerprint density at radius 3 is 2.25 bits per heavy atom. The van der Waals surface area contributed by atoms with Gasteiger partial charge in [-0.1, -0.05) is 0 Å². The van der Waals surface area contributed by atoms with Gasteiger partial charge < -0.3 is 20.0 Å². The van der Waals surface area contributed by atoms with Crippen molar-refractivity contribution in [2.75, 3.05) is 26.2 Å². The number of carbonyl (C=O) groups excluding carboxylic acids is 2. The predicted molar refractivity (Wildman–Crippen MR) is 93.2 cm³/mol. The second-order valence-corrected chi connectivity index (χ2v) is 6.71. The molecule has 1 saturated heterocycles. The second-order valence-electron chi connectivity index (χ2n) is 6.71. The molecular weight excluding hydrogens is 330 g/mol. The number of amides is 2. The third-order valence-corrected chi connectivity index (χ3v) is 4.97. The van der Waals surface area contributed by atoms with Gasteiger partial charge >= 0.3 is 0 Å². The van der Waals surface area contributed by atoms with Gasteiger partial charge in [-0.15, -0.1) is 12.4 Å². The van der Waals surface area contributed by atoms with Crippen LogP contribution in [0.1, 0.15) is 41.1 Å². The molecule has 2 N–H and O–H groups in total. The first kappa shape index (κ1) is 18.8. The molecule has 0 bridgehead atoms. The van der Waals surface area contributed by atoms with Crippen LogP contribution in [0.5, 0.6) is 0 Å². The van der Waals surface area contributed by atoms with Crippen molar-refractivity contribution in [3.8, 4) is 0 Å². The van der Waals surface area contributed by atoms with E-state index < -0.39 is 0 Å². The lowest BCUT2D eigenvalue weighted by Crippen LogP contribution is -2.51. The van der Waals surface area contributed by atoms with Crippen molar-refractivity contribution in [1.82, 2.24) is 9.80 Å². The molecule has 0 spiro atoms. The first-order valence-corrected chi connectivity index (χ1v) is 8.36. The normalized spacial score (nSPS) is 24.0. The molecule has 1 saturated carbocycles. The molecule has 2 aliphatic rings. The second kappa shape index (κ2) is 7.57. The van der Waals surface area contributed by atoms with Crippen LogP contribution in [0.2, 0.25) is 0 Å². The lowest BCUT2D eigenvalue weighted by molar-refractivity contribution is -0.136. The molecule has 0 aromatic carbocycles. The monoisotopic (exact) mass is 355 g/mol. The average molecular weight is 356 g/mol. The van der Waals surface area contributed by atoms with Crippen LogP contribution in [0.3, 0.4) is 0 Å². The van der Waals surface area contributed by atoms with Gasteiger partial charge in [0, 0.05) is 38.1 Å². The van der Waals surface area contributed by atoms with Gasteiger partial charge in [0.05, 0.1) is 5.56 Å². The Morgan fingerprint density at radius 2 is 1.75 bits per heavy atom. The summed E-state index contributed by atoms with van der Waals surface area (Å²) in [7, 11) is 0. The topological polar surface area (TPSA) is 79.8 Å². The molecule has 24 heavy (non-hydrogen) atoms. The Morgan fingerprint density at radius 1 is 1.12 bits per heavy atom. The summed E-state index contributed by atoms with van der Waals surface area (Å²) in [6, 6.07) is 1.95. The molecule has 1 aliphatic carbocycles. The number of nitrogens with two attached hydrogens (primary N) is 1. The highest BCUT2D eigenvalue weighted by Crippen LogP contribution is 2.26. The largest absolute Gasteiger partial charge is 0.466 e. The van der Waals surface area contributed by atoms with E-state index in [-0.39, 0.29) is 36.2 Å². The van der Waals surface area contributed by atoms with Gasteiger partial charge in [-0.2, -0.15) is 0 Å². The summed E-state index contributed by atoms with van der Waals surface area (Å²) in [5, 5.41) is 0. The summed E-state index contributed by atoms with van der Waals surface area (Å²) < 4.78 is 5.44. The predicted octanol–water partition coefficient (Wildman–Crippen LogP) is 1.73. The van der Waals surface area contributed by atoms with E-state index in [0.717, 1.165) is 25.0 Å². The van der Waals surface area contributed by atoms with Gasteiger partial charge in [0.2, 0.25) is 5.91 Å². The van der Waals surface area contributed by atoms with Crippen molar-refractivity contribution >= 4 is 24.2 Å². The molecule has 7 heteroatoms. The maximum absolute atomic E-state index is 12.6. The SMILES string of the molecule is Cc1cc(C(=O)N2CCN(C(=O)C3CCC(N)C3)CC2)c(C)o1.Cl. The number of hydrogen-bond donors (Lipinski definition) is 1. The van der Waals surface area contributed by atoms with Gasteiger partial charge in [-0.25, -0.2) is 0 Å². The van der Waals surface area contributed by atoms with Crippen LogP contribution in [0.15, 0.2) is 10.5 Å². The van der Waals surface area contributed by atoms with Gasteiger partial charge in [-0.05, 0) is 39.2 Å². The van der Waals surface area contributed by atoms with Crippen molar-refractivity contribution in [1.29, 1.82) is 0 Å². The number of furan rings is 1. The van der Waals surface area contributed by atoms with Crippen molar-refractivity contribution < 1.29 is 14.0 Å². The summed E-state index contributed by atoms with van der Waals surface area (Å²) in [6.07, 6.45) is 2.63. The Bertz CT molecular complexity index is 608. The zero-order valence-corrected chi connectivity index (χ0v) is 15.1. The lowest BCUT2D eigenvalue weighted by Gasteiger charge is -2.36. The molecule has 1 aliphatic heterocycles. The summed E-state index contributed by atoms with van der Waals surface area (Å²) in [5.41, 5.74) is 6.53. The summed E-state index contributed by atoms with van der Waals surface area (Å²) in [4.78, 5) is 28.8. The van der Waals surface area contributed by atoms with Crippen LogP contribution < -0.4 is 5.73 Å². The number of piperazine rings is 1. The van der Waals surface area contributed by atoms with Gasteiger partial charge in [-0.3, -0.25) is 9.59 Å². The quantitative estimate of drug-likeness (QED) is 0.876. The minimum atomic E-state index is -0.00524. The molecule has 2 atom stereocenters. The first-order chi connectivity index (χ1) is 11.0. The lowest BCUT2D eigenvalue weighted by atomic mass is 10.1. The van der Waals surface area contributed by atoms with E-state index in [1.54, 1.807) is 6.07 Å². The third-order valence-electron chi connectivity index (χ3n) is 4.97. The van der Waals surface area contributed by atoms with Gasteiger partial charge in [0.1, 0.15) is 11.5 Å². The molecule has 6 nitrogen and oxygen atoms in total. The Balaban J connectivity index is 0.00000208. The van der Waals surface area contributed by atoms with Crippen molar-refractivity contribution in [3.63, 3.8) is 0 Å². The molecule has 0 radical (unpaired) electrons. The van der Waals surface area contributed by atoms with Crippen LogP contribution >= 0.6 is 12.4 Å². The Hall–Kier alpha value is -1.53. The van der Waals surface area contributed by atoms with E-state index in [4.69, 9.17) is 10.2 Å². The number of rotatable bonds is 2. The number of hydrogen-bond acceptors (Lipinski definition) is 4. The fourth-order valence-electron chi connectivity index (χ4n) is 3.64. The number of halogens is 1. The number of aryl methyl sites for hydroxylation is 2. The molecule has 1 aromatic rings. The number of carbonyl (C=O) groups is 2. The molecule has 134 valence electrons. The molecule has 3 rings (SSSR count). The first-order valence-electron chi connectivity index (χ1n) is 8.36. The van der Waals surface area contributed by atoms with Crippen LogP contribution in [-0.4, -0.2) is 53.8 Å². The highest BCUT2D eigenvalue weighted by molar-refractivity contribution is 5.95. The zero-order chi connectivity index (χ0) is 16.6. The highest BCUT2D eigenvalue weighted by Gasteiger charge is 2.33. The maximum Gasteiger partial charge on any atom is 0.257 e. The molecule has 2 heterocycles. The van der Waals surface area contributed by atoms with E-state index in [1.807, 2.05) is 23.6 Å². The standard InChI is InChI=1S/C17H25N3O3.ClH/c1-11-9-15(12(2)23-11)17(22)20-7-5-19(6-8-20)16(21)13-3-4-14(18)10-13;/h9,13-14H,3-8,10,18H2,1-2H3;1H. The fraction of sp³-hybridized carbons (Fsp3) is 0.647. The molecule has 1 aromatic heterocycles. The maximum atomic E-state index is 12.6. The van der Waals surface area contributed by atoms with Crippen LogP contribution in [0.4, 0.5) is 0 Å². The van der Waals surface area contributed by atoms with E-state index in [2.05, 4.69) is 0 Å². The fourth-order valence-corrected chi connectivity index (χ4v) is 3.64. The van der Waals surface area contributed by atoms with Gasteiger partial charge in [0.15, 0.2) is 0 Å². The van der Waals surface area contributed by atoms with Gasteiger partial charge in [0.25, 0.3) is 5.91 Å². The van der Waals surface area contributed by atoms with Crippen LogP contribution in [0, 0.1) is 19.8 Å². The Labute approximate surface area is 148 Å². The van der Waals surface area contributed by atoms with E-state index in [9.17, 15) is 9.59 Å². The average Bonchev–Trinajstić information content (AvgIpc) is 3.11. The smallest absolute Gasteiger partial charge is 0.257 e. The van der Waals surface area contributed by atoms with Crippen LogP contribution in [0.25, 0.3) is 0 Å². The van der Waals surface area contributed by atoms with Crippen molar-refractivity contribution in [2.45, 2.75) is 39.2 Å². The molecule has 2 amide bonds. The molecule has 2 unspecified atom stereocenters. The summed E-state index contributed by atoms with van der Waals surface area (Å²) >= 11 is 0. The van der Waals surface area contributed by atoms with Crippen molar-refractivity contribution in [2.24, 2.45) is 11.7 Å².